The maximum absolute atomic E-state index is 12.1. The maximum atomic E-state index is 12.1. The fraction of sp³-hybridized carbons (Fsp3) is 0.692. The molecule has 1 atom stereocenters. The summed E-state index contributed by atoms with van der Waals surface area (Å²) in [5, 5.41) is 13.3. The van der Waals surface area contributed by atoms with Crippen molar-refractivity contribution in [3.05, 3.63) is 18.0 Å². The summed E-state index contributed by atoms with van der Waals surface area (Å²) < 4.78 is 1.73. The number of carbonyl (C=O) groups is 1. The van der Waals surface area contributed by atoms with Crippen molar-refractivity contribution in [2.75, 3.05) is 26.7 Å². The molecule has 0 radical (unpaired) electrons. The van der Waals surface area contributed by atoms with E-state index in [-0.39, 0.29) is 18.6 Å². The van der Waals surface area contributed by atoms with Crippen LogP contribution in [0.5, 0.6) is 0 Å². The number of amides is 1. The molecule has 0 spiro atoms. The molecule has 0 bridgehead atoms. The van der Waals surface area contributed by atoms with Crippen molar-refractivity contribution in [3.8, 4) is 0 Å². The van der Waals surface area contributed by atoms with Gasteiger partial charge >= 0.3 is 0 Å². The van der Waals surface area contributed by atoms with Crippen LogP contribution in [0, 0.1) is 0 Å². The van der Waals surface area contributed by atoms with Crippen LogP contribution in [-0.4, -0.2) is 63.4 Å². The Morgan fingerprint density at radius 1 is 1.63 bits per heavy atom. The van der Waals surface area contributed by atoms with Crippen LogP contribution in [0.15, 0.2) is 12.4 Å². The van der Waals surface area contributed by atoms with Crippen molar-refractivity contribution in [2.24, 2.45) is 7.05 Å². The lowest BCUT2D eigenvalue weighted by molar-refractivity contribution is -0.132. The summed E-state index contributed by atoms with van der Waals surface area (Å²) in [6.45, 7) is 2.00. The largest absolute Gasteiger partial charge is 0.395 e. The third-order valence-electron chi connectivity index (χ3n) is 3.65. The van der Waals surface area contributed by atoms with Crippen molar-refractivity contribution in [1.82, 2.24) is 19.6 Å². The third-order valence-corrected chi connectivity index (χ3v) is 3.65. The molecule has 2 heterocycles. The number of rotatable bonds is 5. The summed E-state index contributed by atoms with van der Waals surface area (Å²) in [5.74, 6) is 0.0872. The molecule has 1 aliphatic rings. The predicted octanol–water partition coefficient (Wildman–Crippen LogP) is -0.165. The number of aromatic nitrogens is 2. The molecule has 1 amide bonds. The predicted molar refractivity (Wildman–Crippen MR) is 71.4 cm³/mol. The quantitative estimate of drug-likeness (QED) is 0.804. The highest BCUT2D eigenvalue weighted by Crippen LogP contribution is 2.16. The summed E-state index contributed by atoms with van der Waals surface area (Å²) in [4.78, 5) is 15.9. The molecule has 19 heavy (non-hydrogen) atoms. The van der Waals surface area contributed by atoms with E-state index in [9.17, 15) is 9.90 Å². The standard InChI is InChI=1S/C13H22N4O2/c1-15(7-11-6-14-16(2)8-11)13(19)9-17-5-3-4-12(17)10-18/h6,8,12,18H,3-5,7,9-10H2,1-2H3/t12-/m1/s1. The van der Waals surface area contributed by atoms with Gasteiger partial charge in [0.25, 0.3) is 0 Å². The molecule has 1 fully saturated rings. The van der Waals surface area contributed by atoms with Gasteiger partial charge in [-0.1, -0.05) is 0 Å². The summed E-state index contributed by atoms with van der Waals surface area (Å²) in [6.07, 6.45) is 5.73. The summed E-state index contributed by atoms with van der Waals surface area (Å²) in [5.41, 5.74) is 1.03. The molecule has 2 rings (SSSR count). The van der Waals surface area contributed by atoms with Crippen molar-refractivity contribution < 1.29 is 9.90 Å². The third kappa shape index (κ3) is 3.54. The molecule has 1 N–H and O–H groups in total. The number of nitrogens with zero attached hydrogens (tertiary/aromatic N) is 4. The second-order valence-corrected chi connectivity index (χ2v) is 5.22. The molecule has 0 unspecified atom stereocenters. The highest BCUT2D eigenvalue weighted by Gasteiger charge is 2.26. The van der Waals surface area contributed by atoms with E-state index in [1.165, 1.54) is 0 Å². The number of hydrogen-bond acceptors (Lipinski definition) is 4. The van der Waals surface area contributed by atoms with Gasteiger partial charge in [0.2, 0.25) is 5.91 Å². The summed E-state index contributed by atoms with van der Waals surface area (Å²) in [6, 6.07) is 0.149. The first-order valence-corrected chi connectivity index (χ1v) is 6.66. The Balaban J connectivity index is 1.85. The Morgan fingerprint density at radius 2 is 2.42 bits per heavy atom. The van der Waals surface area contributed by atoms with Crippen LogP contribution < -0.4 is 0 Å². The van der Waals surface area contributed by atoms with Crippen molar-refractivity contribution in [1.29, 1.82) is 0 Å². The second kappa shape index (κ2) is 6.16. The van der Waals surface area contributed by atoms with Crippen molar-refractivity contribution in [3.63, 3.8) is 0 Å². The van der Waals surface area contributed by atoms with Crippen molar-refractivity contribution in [2.45, 2.75) is 25.4 Å². The molecule has 0 aromatic carbocycles. The monoisotopic (exact) mass is 266 g/mol. The number of aliphatic hydroxyl groups is 1. The van der Waals surface area contributed by atoms with Crippen LogP contribution in [0.25, 0.3) is 0 Å². The van der Waals surface area contributed by atoms with Gasteiger partial charge in [0.1, 0.15) is 0 Å². The minimum Gasteiger partial charge on any atom is -0.395 e. The first-order valence-electron chi connectivity index (χ1n) is 6.66. The van der Waals surface area contributed by atoms with Crippen LogP contribution in [-0.2, 0) is 18.4 Å². The molecular weight excluding hydrogens is 244 g/mol. The molecule has 106 valence electrons. The normalized spacial score (nSPS) is 19.8. The number of aliphatic hydroxyl groups excluding tert-OH is 1. The number of aryl methyl sites for hydroxylation is 1. The first-order chi connectivity index (χ1) is 9.10. The van der Waals surface area contributed by atoms with Gasteiger partial charge in [-0.05, 0) is 19.4 Å². The zero-order chi connectivity index (χ0) is 13.8. The van der Waals surface area contributed by atoms with E-state index in [4.69, 9.17) is 0 Å². The minimum absolute atomic E-state index is 0.0872. The van der Waals surface area contributed by atoms with E-state index in [0.717, 1.165) is 24.9 Å². The number of hydrogen-bond donors (Lipinski definition) is 1. The number of likely N-dealkylation sites (tertiary alicyclic amines) is 1. The lowest BCUT2D eigenvalue weighted by atomic mass is 10.2. The van der Waals surface area contributed by atoms with E-state index < -0.39 is 0 Å². The number of likely N-dealkylation sites (N-methyl/N-ethyl adjacent to an activating group) is 1. The number of carbonyl (C=O) groups excluding carboxylic acids is 1. The molecule has 1 saturated heterocycles. The van der Waals surface area contributed by atoms with Gasteiger partial charge in [-0.15, -0.1) is 0 Å². The molecule has 0 saturated carbocycles. The Bertz CT molecular complexity index is 432. The van der Waals surface area contributed by atoms with Gasteiger partial charge < -0.3 is 10.0 Å². The Morgan fingerprint density at radius 3 is 3.05 bits per heavy atom. The van der Waals surface area contributed by atoms with E-state index in [1.807, 2.05) is 13.2 Å². The summed E-state index contributed by atoms with van der Waals surface area (Å²) >= 11 is 0. The second-order valence-electron chi connectivity index (χ2n) is 5.22. The molecule has 6 heteroatoms. The van der Waals surface area contributed by atoms with Crippen molar-refractivity contribution >= 4 is 5.91 Å². The van der Waals surface area contributed by atoms with Crippen LogP contribution in [0.1, 0.15) is 18.4 Å². The average Bonchev–Trinajstić information content (AvgIpc) is 2.98. The van der Waals surface area contributed by atoms with Gasteiger partial charge in [0.05, 0.1) is 19.3 Å². The smallest absolute Gasteiger partial charge is 0.236 e. The van der Waals surface area contributed by atoms with Gasteiger partial charge in [-0.2, -0.15) is 5.10 Å². The molecule has 6 nitrogen and oxygen atoms in total. The molecule has 0 aliphatic carbocycles. The highest BCUT2D eigenvalue weighted by atomic mass is 16.3. The topological polar surface area (TPSA) is 61.6 Å². The Labute approximate surface area is 113 Å². The molecular formula is C13H22N4O2. The maximum Gasteiger partial charge on any atom is 0.236 e. The van der Waals surface area contributed by atoms with Gasteiger partial charge in [0.15, 0.2) is 0 Å². The SMILES string of the molecule is CN(Cc1cnn(C)c1)C(=O)CN1CCC[C@@H]1CO. The first kappa shape index (κ1) is 14.0. The van der Waals surface area contributed by atoms with Gasteiger partial charge in [-0.3, -0.25) is 14.4 Å². The highest BCUT2D eigenvalue weighted by molar-refractivity contribution is 5.78. The minimum atomic E-state index is 0.0872. The van der Waals surface area contributed by atoms with Crippen LogP contribution >= 0.6 is 0 Å². The van der Waals surface area contributed by atoms with E-state index in [1.54, 1.807) is 22.8 Å². The Hall–Kier alpha value is -1.40. The Kier molecular flexibility index (Phi) is 4.55. The molecule has 1 aliphatic heterocycles. The van der Waals surface area contributed by atoms with E-state index >= 15 is 0 Å². The summed E-state index contributed by atoms with van der Waals surface area (Å²) in [7, 11) is 3.67. The van der Waals surface area contributed by atoms with Crippen LogP contribution in [0.4, 0.5) is 0 Å². The zero-order valence-electron chi connectivity index (χ0n) is 11.6. The zero-order valence-corrected chi connectivity index (χ0v) is 11.6. The van der Waals surface area contributed by atoms with E-state index in [2.05, 4.69) is 10.00 Å². The van der Waals surface area contributed by atoms with Crippen LogP contribution in [0.2, 0.25) is 0 Å². The van der Waals surface area contributed by atoms with E-state index in [0.29, 0.717) is 13.1 Å². The fourth-order valence-corrected chi connectivity index (χ4v) is 2.52. The lowest BCUT2D eigenvalue weighted by Gasteiger charge is -2.25. The average molecular weight is 266 g/mol. The fourth-order valence-electron chi connectivity index (χ4n) is 2.52. The molecule has 1 aromatic rings. The van der Waals surface area contributed by atoms with Crippen LogP contribution in [0.3, 0.4) is 0 Å². The molecule has 1 aromatic heterocycles. The van der Waals surface area contributed by atoms with Gasteiger partial charge in [0, 0.05) is 38.4 Å². The lowest BCUT2D eigenvalue weighted by Crippen LogP contribution is -2.41. The van der Waals surface area contributed by atoms with Gasteiger partial charge in [-0.25, -0.2) is 0 Å².